The molecule has 1 aromatic heterocycles. The number of aliphatic carboxylic acids is 1. The van der Waals surface area contributed by atoms with Crippen LogP contribution in [0.2, 0.25) is 0 Å². The minimum absolute atomic E-state index is 0.361. The minimum Gasteiger partial charge on any atom is -0.480 e. The molecule has 2 N–H and O–H groups in total. The van der Waals surface area contributed by atoms with Gasteiger partial charge in [0.2, 0.25) is 0 Å². The van der Waals surface area contributed by atoms with Crippen LogP contribution < -0.4 is 5.32 Å². The molecule has 0 fully saturated rings. The molecular weight excluding hydrogens is 258 g/mol. The van der Waals surface area contributed by atoms with Gasteiger partial charge >= 0.3 is 5.97 Å². The molecule has 0 bridgehead atoms. The summed E-state index contributed by atoms with van der Waals surface area (Å²) in [6.07, 6.45) is 0.361. The van der Waals surface area contributed by atoms with Gasteiger partial charge in [0.15, 0.2) is 0 Å². The van der Waals surface area contributed by atoms with E-state index in [4.69, 9.17) is 4.74 Å². The first-order chi connectivity index (χ1) is 9.61. The van der Waals surface area contributed by atoms with E-state index < -0.39 is 12.0 Å². The molecule has 0 spiro atoms. The fourth-order valence-electron chi connectivity index (χ4n) is 1.88. The number of nitrogens with one attached hydrogen (secondary N) is 1. The van der Waals surface area contributed by atoms with Crippen LogP contribution in [0.3, 0.4) is 0 Å². The minimum atomic E-state index is -0.934. The van der Waals surface area contributed by atoms with Crippen molar-refractivity contribution in [1.29, 1.82) is 0 Å². The molecule has 6 heteroatoms. The first kappa shape index (κ1) is 14.2. The van der Waals surface area contributed by atoms with Gasteiger partial charge in [-0.15, -0.1) is 0 Å². The number of methoxy groups -OCH3 is 1. The van der Waals surface area contributed by atoms with E-state index in [0.717, 1.165) is 11.0 Å². The van der Waals surface area contributed by atoms with Crippen LogP contribution in [0, 0.1) is 6.92 Å². The monoisotopic (exact) mass is 275 g/mol. The van der Waals surface area contributed by atoms with E-state index in [0.29, 0.717) is 24.5 Å². The average molecular weight is 275 g/mol. The molecule has 1 unspecified atom stereocenters. The van der Waals surface area contributed by atoms with Crippen molar-refractivity contribution in [2.24, 2.45) is 0 Å². The number of aromatic nitrogens is 2. The lowest BCUT2D eigenvalue weighted by atomic mass is 10.2. The van der Waals surface area contributed by atoms with Crippen LogP contribution in [-0.2, 0) is 9.53 Å². The number of hydrogen-bond donors (Lipinski definition) is 2. The first-order valence-electron chi connectivity index (χ1n) is 6.33. The Balaban J connectivity index is 2.27. The Hall–Kier alpha value is -2.21. The van der Waals surface area contributed by atoms with Gasteiger partial charge < -0.3 is 15.2 Å². The van der Waals surface area contributed by atoms with E-state index in [1.807, 2.05) is 24.3 Å². The van der Waals surface area contributed by atoms with Gasteiger partial charge in [-0.05, 0) is 19.1 Å². The molecular formula is C14H17N3O3. The summed E-state index contributed by atoms with van der Waals surface area (Å²) in [5.41, 5.74) is 2.20. The van der Waals surface area contributed by atoms with Crippen LogP contribution in [0.1, 0.15) is 12.1 Å². The highest BCUT2D eigenvalue weighted by Crippen LogP contribution is 2.17. The van der Waals surface area contributed by atoms with Crippen molar-refractivity contribution in [1.82, 2.24) is 9.97 Å². The molecule has 20 heavy (non-hydrogen) atoms. The average Bonchev–Trinajstić information content (AvgIpc) is 2.43. The van der Waals surface area contributed by atoms with Gasteiger partial charge in [-0.3, -0.25) is 0 Å². The molecule has 1 heterocycles. The van der Waals surface area contributed by atoms with E-state index in [9.17, 15) is 9.90 Å². The second-order valence-corrected chi connectivity index (χ2v) is 4.46. The van der Waals surface area contributed by atoms with Gasteiger partial charge in [-0.2, -0.15) is 0 Å². The van der Waals surface area contributed by atoms with Crippen LogP contribution in [-0.4, -0.2) is 40.8 Å². The maximum Gasteiger partial charge on any atom is 0.326 e. The second-order valence-electron chi connectivity index (χ2n) is 4.46. The Kier molecular flexibility index (Phi) is 4.47. The maximum absolute atomic E-state index is 11.2. The Morgan fingerprint density at radius 1 is 1.35 bits per heavy atom. The highest BCUT2D eigenvalue weighted by Gasteiger charge is 2.18. The van der Waals surface area contributed by atoms with E-state index in [-0.39, 0.29) is 0 Å². The number of aryl methyl sites for hydroxylation is 1. The summed E-state index contributed by atoms with van der Waals surface area (Å²) in [4.78, 5) is 20.1. The number of carboxylic acid groups (broad SMARTS) is 1. The Morgan fingerprint density at radius 2 is 2.00 bits per heavy atom. The number of carboxylic acids is 1. The lowest BCUT2D eigenvalue weighted by Crippen LogP contribution is -2.31. The third-order valence-corrected chi connectivity index (χ3v) is 2.96. The summed E-state index contributed by atoms with van der Waals surface area (Å²) >= 11 is 0. The topological polar surface area (TPSA) is 84.3 Å². The number of anilines is 1. The normalized spacial score (nSPS) is 12.3. The van der Waals surface area contributed by atoms with Crippen molar-refractivity contribution in [2.75, 3.05) is 19.0 Å². The number of rotatable bonds is 6. The predicted octanol–water partition coefficient (Wildman–Crippen LogP) is 1.84. The molecule has 0 saturated heterocycles. The van der Waals surface area contributed by atoms with Crippen molar-refractivity contribution in [3.05, 3.63) is 30.0 Å². The lowest BCUT2D eigenvalue weighted by Gasteiger charge is -2.16. The lowest BCUT2D eigenvalue weighted by molar-refractivity contribution is -0.138. The van der Waals surface area contributed by atoms with Crippen LogP contribution in [0.5, 0.6) is 0 Å². The van der Waals surface area contributed by atoms with Crippen LogP contribution in [0.15, 0.2) is 24.3 Å². The van der Waals surface area contributed by atoms with Gasteiger partial charge in [0.1, 0.15) is 11.9 Å². The number of para-hydroxylation sites is 2. The second kappa shape index (κ2) is 6.29. The third-order valence-electron chi connectivity index (χ3n) is 2.96. The molecule has 0 aliphatic rings. The molecule has 0 aliphatic carbocycles. The molecule has 106 valence electrons. The largest absolute Gasteiger partial charge is 0.480 e. The van der Waals surface area contributed by atoms with Crippen molar-refractivity contribution in [2.45, 2.75) is 19.4 Å². The number of nitrogens with zero attached hydrogens (tertiary/aromatic N) is 2. The number of carbonyl (C=O) groups is 1. The molecule has 2 rings (SSSR count). The first-order valence-corrected chi connectivity index (χ1v) is 6.33. The smallest absolute Gasteiger partial charge is 0.326 e. The summed E-state index contributed by atoms with van der Waals surface area (Å²) in [6.45, 7) is 2.17. The van der Waals surface area contributed by atoms with Crippen molar-refractivity contribution < 1.29 is 14.6 Å². The zero-order valence-electron chi connectivity index (χ0n) is 11.5. The summed E-state index contributed by atoms with van der Waals surface area (Å²) in [5.74, 6) is -0.441. The molecule has 0 amide bonds. The van der Waals surface area contributed by atoms with Crippen molar-refractivity contribution in [3.8, 4) is 0 Å². The van der Waals surface area contributed by atoms with Gasteiger partial charge in [-0.1, -0.05) is 12.1 Å². The van der Waals surface area contributed by atoms with Gasteiger partial charge in [0.25, 0.3) is 0 Å². The van der Waals surface area contributed by atoms with E-state index in [2.05, 4.69) is 15.3 Å². The van der Waals surface area contributed by atoms with E-state index >= 15 is 0 Å². The summed E-state index contributed by atoms with van der Waals surface area (Å²) < 4.78 is 4.92. The zero-order valence-corrected chi connectivity index (χ0v) is 11.5. The molecule has 2 aromatic rings. The number of hydrogen-bond acceptors (Lipinski definition) is 5. The molecule has 1 atom stereocenters. The van der Waals surface area contributed by atoms with Crippen molar-refractivity contribution in [3.63, 3.8) is 0 Å². The Labute approximate surface area is 116 Å². The summed E-state index contributed by atoms with van der Waals surface area (Å²) in [6, 6.07) is 6.73. The number of benzene rings is 1. The van der Waals surface area contributed by atoms with Crippen LogP contribution in [0.4, 0.5) is 5.82 Å². The molecule has 0 radical (unpaired) electrons. The van der Waals surface area contributed by atoms with Crippen LogP contribution >= 0.6 is 0 Å². The summed E-state index contributed by atoms with van der Waals surface area (Å²) in [7, 11) is 1.54. The fourth-order valence-corrected chi connectivity index (χ4v) is 1.88. The highest BCUT2D eigenvalue weighted by molar-refractivity contribution is 5.79. The van der Waals surface area contributed by atoms with Gasteiger partial charge in [0.05, 0.1) is 16.7 Å². The quantitative estimate of drug-likeness (QED) is 0.836. The zero-order chi connectivity index (χ0) is 14.5. The highest BCUT2D eigenvalue weighted by atomic mass is 16.5. The fraction of sp³-hybridized carbons (Fsp3) is 0.357. The predicted molar refractivity (Wildman–Crippen MR) is 75.8 cm³/mol. The van der Waals surface area contributed by atoms with E-state index in [1.54, 1.807) is 14.0 Å². The van der Waals surface area contributed by atoms with E-state index in [1.165, 1.54) is 0 Å². The van der Waals surface area contributed by atoms with Gasteiger partial charge in [0, 0.05) is 20.1 Å². The molecule has 0 saturated carbocycles. The number of fused-ring (bicyclic) bond motifs is 1. The maximum atomic E-state index is 11.2. The molecule has 6 nitrogen and oxygen atoms in total. The molecule has 1 aromatic carbocycles. The molecule has 0 aliphatic heterocycles. The Morgan fingerprint density at radius 3 is 2.60 bits per heavy atom. The van der Waals surface area contributed by atoms with Crippen molar-refractivity contribution >= 4 is 22.8 Å². The summed E-state index contributed by atoms with van der Waals surface area (Å²) in [5, 5.41) is 12.1. The SMILES string of the molecule is COCCC(Nc1nc2ccccc2nc1C)C(=O)O. The number of ether oxygens (including phenoxy) is 1. The van der Waals surface area contributed by atoms with Crippen LogP contribution in [0.25, 0.3) is 11.0 Å². The Bertz CT molecular complexity index is 616. The van der Waals surface area contributed by atoms with Gasteiger partial charge in [-0.25, -0.2) is 14.8 Å². The standard InChI is InChI=1S/C14H17N3O3/c1-9-13(17-12(14(18)19)7-8-20-2)16-11-6-4-3-5-10(11)15-9/h3-6,12H,7-8H2,1-2H3,(H,16,17)(H,18,19). The third kappa shape index (κ3) is 3.21.